The van der Waals surface area contributed by atoms with Crippen molar-refractivity contribution in [2.75, 3.05) is 19.5 Å². The number of hydrogen-bond donors (Lipinski definition) is 0. The summed E-state index contributed by atoms with van der Waals surface area (Å²) in [6, 6.07) is 6.01. The topological polar surface area (TPSA) is 18.5 Å². The van der Waals surface area contributed by atoms with E-state index >= 15 is 0 Å². The van der Waals surface area contributed by atoms with Crippen LogP contribution in [0.1, 0.15) is 13.8 Å². The van der Waals surface area contributed by atoms with Gasteiger partial charge in [0.05, 0.1) is 13.2 Å². The highest BCUT2D eigenvalue weighted by molar-refractivity contribution is 7.98. The monoisotopic (exact) mass is 212 g/mol. The van der Waals surface area contributed by atoms with Gasteiger partial charge in [0, 0.05) is 4.90 Å². The van der Waals surface area contributed by atoms with Crippen LogP contribution in [0.15, 0.2) is 23.1 Å². The van der Waals surface area contributed by atoms with E-state index in [1.807, 2.05) is 38.3 Å². The summed E-state index contributed by atoms with van der Waals surface area (Å²) >= 11 is 1.70. The van der Waals surface area contributed by atoms with Gasteiger partial charge in [-0.1, -0.05) is 0 Å². The van der Waals surface area contributed by atoms with Crippen molar-refractivity contribution in [3.05, 3.63) is 18.2 Å². The maximum absolute atomic E-state index is 5.49. The minimum absolute atomic E-state index is 0.665. The van der Waals surface area contributed by atoms with Crippen molar-refractivity contribution in [3.63, 3.8) is 0 Å². The molecule has 3 heteroatoms. The molecule has 0 heterocycles. The molecule has 0 unspecified atom stereocenters. The lowest BCUT2D eigenvalue weighted by molar-refractivity contribution is 0.287. The van der Waals surface area contributed by atoms with E-state index in [2.05, 4.69) is 0 Å². The molecular weight excluding hydrogens is 196 g/mol. The van der Waals surface area contributed by atoms with E-state index in [0.717, 1.165) is 11.5 Å². The van der Waals surface area contributed by atoms with Gasteiger partial charge < -0.3 is 9.47 Å². The van der Waals surface area contributed by atoms with E-state index < -0.39 is 0 Å². The van der Waals surface area contributed by atoms with Crippen LogP contribution in [0.3, 0.4) is 0 Å². The lowest BCUT2D eigenvalue weighted by atomic mass is 10.3. The maximum Gasteiger partial charge on any atom is 0.162 e. The minimum atomic E-state index is 0.665. The van der Waals surface area contributed by atoms with Crippen molar-refractivity contribution in [2.45, 2.75) is 18.7 Å². The lowest BCUT2D eigenvalue weighted by Gasteiger charge is -2.11. The maximum atomic E-state index is 5.49. The summed E-state index contributed by atoms with van der Waals surface area (Å²) in [5.41, 5.74) is 0. The molecule has 0 spiro atoms. The lowest BCUT2D eigenvalue weighted by Crippen LogP contribution is -1.98. The molecule has 14 heavy (non-hydrogen) atoms. The molecule has 1 rings (SSSR count). The van der Waals surface area contributed by atoms with Crippen molar-refractivity contribution < 1.29 is 9.47 Å². The van der Waals surface area contributed by atoms with E-state index in [1.54, 1.807) is 11.8 Å². The summed E-state index contributed by atoms with van der Waals surface area (Å²) in [6.07, 6.45) is 2.05. The van der Waals surface area contributed by atoms with Gasteiger partial charge in [-0.2, -0.15) is 0 Å². The Hall–Kier alpha value is -0.830. The normalized spacial score (nSPS) is 9.93. The molecule has 0 radical (unpaired) electrons. The average molecular weight is 212 g/mol. The Balaban J connectivity index is 2.91. The number of thioether (sulfide) groups is 1. The van der Waals surface area contributed by atoms with Crippen LogP contribution in [-0.2, 0) is 0 Å². The number of benzene rings is 1. The van der Waals surface area contributed by atoms with E-state index in [-0.39, 0.29) is 0 Å². The first kappa shape index (κ1) is 11.2. The average Bonchev–Trinajstić information content (AvgIpc) is 2.21. The third-order valence-electron chi connectivity index (χ3n) is 1.75. The second-order valence-electron chi connectivity index (χ2n) is 2.68. The molecule has 0 amide bonds. The molecule has 0 aromatic heterocycles. The smallest absolute Gasteiger partial charge is 0.162 e. The van der Waals surface area contributed by atoms with Crippen molar-refractivity contribution in [2.24, 2.45) is 0 Å². The largest absolute Gasteiger partial charge is 0.490 e. The van der Waals surface area contributed by atoms with Gasteiger partial charge in [-0.3, -0.25) is 0 Å². The van der Waals surface area contributed by atoms with Crippen molar-refractivity contribution in [1.29, 1.82) is 0 Å². The van der Waals surface area contributed by atoms with Crippen LogP contribution in [0.2, 0.25) is 0 Å². The molecule has 0 atom stereocenters. The fraction of sp³-hybridized carbons (Fsp3) is 0.455. The Morgan fingerprint density at radius 3 is 2.29 bits per heavy atom. The van der Waals surface area contributed by atoms with Crippen LogP contribution in [0.25, 0.3) is 0 Å². The zero-order valence-electron chi connectivity index (χ0n) is 8.87. The Bertz CT molecular complexity index is 287. The molecule has 78 valence electrons. The number of hydrogen-bond acceptors (Lipinski definition) is 3. The van der Waals surface area contributed by atoms with Crippen LogP contribution in [-0.4, -0.2) is 19.5 Å². The molecular formula is C11H16O2S. The van der Waals surface area contributed by atoms with Gasteiger partial charge in [-0.25, -0.2) is 0 Å². The highest BCUT2D eigenvalue weighted by Gasteiger charge is 2.04. The molecule has 1 aromatic rings. The summed E-state index contributed by atoms with van der Waals surface area (Å²) in [7, 11) is 0. The Labute approximate surface area is 89.6 Å². The third-order valence-corrected chi connectivity index (χ3v) is 2.48. The molecule has 0 N–H and O–H groups in total. The van der Waals surface area contributed by atoms with E-state index in [4.69, 9.17) is 9.47 Å². The van der Waals surface area contributed by atoms with E-state index in [9.17, 15) is 0 Å². The highest BCUT2D eigenvalue weighted by Crippen LogP contribution is 2.31. The number of ether oxygens (including phenoxy) is 2. The van der Waals surface area contributed by atoms with Crippen LogP contribution < -0.4 is 9.47 Å². The van der Waals surface area contributed by atoms with Gasteiger partial charge in [0.2, 0.25) is 0 Å². The third kappa shape index (κ3) is 2.84. The molecule has 0 fully saturated rings. The van der Waals surface area contributed by atoms with Crippen LogP contribution in [0.4, 0.5) is 0 Å². The molecule has 0 saturated carbocycles. The van der Waals surface area contributed by atoms with Gasteiger partial charge in [-0.05, 0) is 38.3 Å². The zero-order chi connectivity index (χ0) is 10.4. The quantitative estimate of drug-likeness (QED) is 0.698. The molecule has 0 aliphatic carbocycles. The van der Waals surface area contributed by atoms with Gasteiger partial charge in [0.1, 0.15) is 0 Å². The van der Waals surface area contributed by atoms with Gasteiger partial charge in [0.15, 0.2) is 11.5 Å². The fourth-order valence-corrected chi connectivity index (χ4v) is 1.59. The highest BCUT2D eigenvalue weighted by atomic mass is 32.2. The standard InChI is InChI=1S/C11H16O2S/c1-4-12-10-7-6-9(14-3)8-11(10)13-5-2/h6-8H,4-5H2,1-3H3. The van der Waals surface area contributed by atoms with Crippen LogP contribution in [0.5, 0.6) is 11.5 Å². The summed E-state index contributed by atoms with van der Waals surface area (Å²) in [6.45, 7) is 5.27. The molecule has 1 aromatic carbocycles. The van der Waals surface area contributed by atoms with Gasteiger partial charge in [-0.15, -0.1) is 11.8 Å². The molecule has 0 saturated heterocycles. The van der Waals surface area contributed by atoms with Crippen molar-refractivity contribution in [1.82, 2.24) is 0 Å². The predicted molar refractivity (Wildman–Crippen MR) is 60.6 cm³/mol. The van der Waals surface area contributed by atoms with Crippen molar-refractivity contribution >= 4 is 11.8 Å². The zero-order valence-corrected chi connectivity index (χ0v) is 9.69. The summed E-state index contributed by atoms with van der Waals surface area (Å²) in [5, 5.41) is 0. The Kier molecular flexibility index (Phi) is 4.66. The summed E-state index contributed by atoms with van der Waals surface area (Å²) in [5.74, 6) is 1.66. The first-order chi connectivity index (χ1) is 6.81. The minimum Gasteiger partial charge on any atom is -0.490 e. The molecule has 0 bridgehead atoms. The second-order valence-corrected chi connectivity index (χ2v) is 3.56. The first-order valence-electron chi connectivity index (χ1n) is 4.75. The van der Waals surface area contributed by atoms with Crippen LogP contribution in [0, 0.1) is 0 Å². The number of rotatable bonds is 5. The van der Waals surface area contributed by atoms with Gasteiger partial charge >= 0.3 is 0 Å². The van der Waals surface area contributed by atoms with Crippen LogP contribution >= 0.6 is 11.8 Å². The van der Waals surface area contributed by atoms with Crippen molar-refractivity contribution in [3.8, 4) is 11.5 Å². The Morgan fingerprint density at radius 2 is 1.71 bits per heavy atom. The SMILES string of the molecule is CCOc1ccc(SC)cc1OCC. The Morgan fingerprint density at radius 1 is 1.07 bits per heavy atom. The van der Waals surface area contributed by atoms with Gasteiger partial charge in [0.25, 0.3) is 0 Å². The first-order valence-corrected chi connectivity index (χ1v) is 5.97. The molecule has 2 nitrogen and oxygen atoms in total. The fourth-order valence-electron chi connectivity index (χ4n) is 1.16. The molecule has 0 aliphatic rings. The second kappa shape index (κ2) is 5.81. The van der Waals surface area contributed by atoms with E-state index in [0.29, 0.717) is 13.2 Å². The van der Waals surface area contributed by atoms with E-state index in [1.165, 1.54) is 4.90 Å². The summed E-state index contributed by atoms with van der Waals surface area (Å²) in [4.78, 5) is 1.19. The summed E-state index contributed by atoms with van der Waals surface area (Å²) < 4.78 is 10.9. The predicted octanol–water partition coefficient (Wildman–Crippen LogP) is 3.21. The molecule has 0 aliphatic heterocycles.